The minimum Gasteiger partial charge on any atom is -0.482 e. The van der Waals surface area contributed by atoms with E-state index in [-0.39, 0.29) is 24.7 Å². The van der Waals surface area contributed by atoms with Crippen molar-refractivity contribution >= 4 is 40.7 Å². The molecule has 1 fully saturated rings. The largest absolute Gasteiger partial charge is 0.482 e. The van der Waals surface area contributed by atoms with Crippen LogP contribution in [-0.2, 0) is 9.53 Å². The van der Waals surface area contributed by atoms with Gasteiger partial charge in [-0.25, -0.2) is 0 Å². The smallest absolute Gasteiger partial charge is 0.260 e. The zero-order valence-corrected chi connectivity index (χ0v) is 14.0. The molecule has 116 valence electrons. The minimum absolute atomic E-state index is 0.0197. The summed E-state index contributed by atoms with van der Waals surface area (Å²) in [5, 5.41) is 0.995. The Bertz CT molecular complexity index is 528. The third kappa shape index (κ3) is 4.39. The summed E-state index contributed by atoms with van der Waals surface area (Å²) >= 11 is 17.8. The molecule has 2 rings (SSSR count). The van der Waals surface area contributed by atoms with Crippen molar-refractivity contribution in [2.75, 3.05) is 19.7 Å². The Morgan fingerprint density at radius 3 is 2.38 bits per heavy atom. The van der Waals surface area contributed by atoms with Gasteiger partial charge >= 0.3 is 0 Å². The third-order valence-electron chi connectivity index (χ3n) is 3.10. The fourth-order valence-electron chi connectivity index (χ4n) is 2.23. The van der Waals surface area contributed by atoms with E-state index in [2.05, 4.69) is 0 Å². The Morgan fingerprint density at radius 1 is 1.19 bits per heavy atom. The van der Waals surface area contributed by atoms with Gasteiger partial charge < -0.3 is 14.4 Å². The van der Waals surface area contributed by atoms with Crippen molar-refractivity contribution in [2.24, 2.45) is 0 Å². The van der Waals surface area contributed by atoms with Crippen LogP contribution in [-0.4, -0.2) is 42.7 Å². The molecule has 0 N–H and O–H groups in total. The highest BCUT2D eigenvalue weighted by Gasteiger charge is 2.26. The van der Waals surface area contributed by atoms with Gasteiger partial charge in [-0.15, -0.1) is 0 Å². The van der Waals surface area contributed by atoms with Crippen LogP contribution in [0, 0.1) is 0 Å². The van der Waals surface area contributed by atoms with Crippen LogP contribution in [0.4, 0.5) is 0 Å². The molecule has 1 amide bonds. The number of carbonyl (C=O) groups excluding carboxylic acids is 1. The van der Waals surface area contributed by atoms with Crippen molar-refractivity contribution in [3.8, 4) is 5.75 Å². The van der Waals surface area contributed by atoms with Crippen molar-refractivity contribution in [3.63, 3.8) is 0 Å². The van der Waals surface area contributed by atoms with Gasteiger partial charge in [0, 0.05) is 19.2 Å². The van der Waals surface area contributed by atoms with Gasteiger partial charge in [0.25, 0.3) is 5.91 Å². The summed E-state index contributed by atoms with van der Waals surface area (Å²) in [4.78, 5) is 13.9. The zero-order chi connectivity index (χ0) is 15.6. The van der Waals surface area contributed by atoms with E-state index in [9.17, 15) is 4.79 Å². The zero-order valence-electron chi connectivity index (χ0n) is 11.7. The molecule has 7 heteroatoms. The lowest BCUT2D eigenvalue weighted by Gasteiger charge is -2.35. The average molecular weight is 353 g/mol. The quantitative estimate of drug-likeness (QED) is 0.779. The van der Waals surface area contributed by atoms with E-state index in [1.165, 1.54) is 12.1 Å². The Balaban J connectivity index is 1.96. The van der Waals surface area contributed by atoms with Gasteiger partial charge in [0.2, 0.25) is 0 Å². The molecule has 4 nitrogen and oxygen atoms in total. The molecule has 21 heavy (non-hydrogen) atoms. The number of nitrogens with zero attached hydrogens (tertiary/aromatic N) is 1. The molecule has 0 aliphatic carbocycles. The Hall–Kier alpha value is -0.680. The predicted molar refractivity (Wildman–Crippen MR) is 83.6 cm³/mol. The summed E-state index contributed by atoms with van der Waals surface area (Å²) in [6.45, 7) is 4.89. The molecular weight excluding hydrogens is 337 g/mol. The second kappa shape index (κ2) is 7.05. The number of hydrogen-bond acceptors (Lipinski definition) is 3. The first-order valence-corrected chi connectivity index (χ1v) is 7.70. The van der Waals surface area contributed by atoms with Crippen LogP contribution in [0.1, 0.15) is 13.8 Å². The number of morpholine rings is 1. The molecule has 1 heterocycles. The van der Waals surface area contributed by atoms with Crippen LogP contribution in [0.25, 0.3) is 0 Å². The van der Waals surface area contributed by atoms with Gasteiger partial charge in [-0.1, -0.05) is 34.8 Å². The number of carbonyl (C=O) groups is 1. The van der Waals surface area contributed by atoms with Crippen molar-refractivity contribution in [3.05, 3.63) is 27.2 Å². The normalized spacial score (nSPS) is 22.2. The summed E-state index contributed by atoms with van der Waals surface area (Å²) < 4.78 is 11.0. The van der Waals surface area contributed by atoms with Crippen molar-refractivity contribution in [2.45, 2.75) is 26.1 Å². The maximum Gasteiger partial charge on any atom is 0.260 e. The maximum atomic E-state index is 12.2. The molecule has 2 atom stereocenters. The number of rotatable bonds is 3. The van der Waals surface area contributed by atoms with E-state index >= 15 is 0 Å². The standard InChI is InChI=1S/C14H16Cl3NO3/c1-8-5-18(6-9(2)21-8)14(19)7-20-13-4-11(16)10(15)3-12(13)17/h3-4,8-9H,5-7H2,1-2H3/t8-,9-/m0/s1. The van der Waals surface area contributed by atoms with Gasteiger partial charge in [0.05, 0.1) is 27.3 Å². The summed E-state index contributed by atoms with van der Waals surface area (Å²) in [6, 6.07) is 2.99. The first-order valence-electron chi connectivity index (χ1n) is 6.57. The predicted octanol–water partition coefficient (Wildman–Crippen LogP) is 3.66. The first-order chi connectivity index (χ1) is 9.86. The average Bonchev–Trinajstić information content (AvgIpc) is 2.40. The summed E-state index contributed by atoms with van der Waals surface area (Å²) in [5.41, 5.74) is 0. The van der Waals surface area contributed by atoms with Crippen LogP contribution >= 0.6 is 34.8 Å². The van der Waals surface area contributed by atoms with Gasteiger partial charge in [-0.3, -0.25) is 4.79 Å². The number of halogens is 3. The van der Waals surface area contributed by atoms with Crippen LogP contribution in [0.5, 0.6) is 5.75 Å². The second-order valence-electron chi connectivity index (χ2n) is 5.04. The van der Waals surface area contributed by atoms with Crippen molar-refractivity contribution < 1.29 is 14.3 Å². The van der Waals surface area contributed by atoms with E-state index < -0.39 is 0 Å². The molecule has 1 aliphatic rings. The summed E-state index contributed by atoms with van der Waals surface area (Å²) in [7, 11) is 0. The Kier molecular flexibility index (Phi) is 5.60. The van der Waals surface area contributed by atoms with Crippen molar-refractivity contribution in [1.82, 2.24) is 4.90 Å². The maximum absolute atomic E-state index is 12.2. The highest BCUT2D eigenvalue weighted by atomic mass is 35.5. The summed E-state index contributed by atoms with van der Waals surface area (Å²) in [6.07, 6.45) is 0.0394. The van der Waals surface area contributed by atoms with E-state index in [0.29, 0.717) is 33.9 Å². The molecule has 0 saturated carbocycles. The number of amides is 1. The fourth-order valence-corrected chi connectivity index (χ4v) is 2.82. The molecule has 0 aromatic heterocycles. The SMILES string of the molecule is C[C@H]1CN(C(=O)COc2cc(Cl)c(Cl)cc2Cl)C[C@H](C)O1. The third-order valence-corrected chi connectivity index (χ3v) is 4.12. The monoisotopic (exact) mass is 351 g/mol. The minimum atomic E-state index is -0.112. The fraction of sp³-hybridized carbons (Fsp3) is 0.500. The lowest BCUT2D eigenvalue weighted by atomic mass is 10.2. The molecule has 0 spiro atoms. The molecular formula is C14H16Cl3NO3. The molecule has 0 radical (unpaired) electrons. The lowest BCUT2D eigenvalue weighted by Crippen LogP contribution is -2.49. The Labute approximate surface area is 138 Å². The molecule has 1 aliphatic heterocycles. The lowest BCUT2D eigenvalue weighted by molar-refractivity contribution is -0.145. The van der Waals surface area contributed by atoms with E-state index in [4.69, 9.17) is 44.3 Å². The van der Waals surface area contributed by atoms with Gasteiger partial charge in [-0.2, -0.15) is 0 Å². The van der Waals surface area contributed by atoms with Crippen LogP contribution < -0.4 is 4.74 Å². The van der Waals surface area contributed by atoms with Gasteiger partial charge in [0.15, 0.2) is 6.61 Å². The van der Waals surface area contributed by atoms with Crippen LogP contribution in [0.15, 0.2) is 12.1 Å². The van der Waals surface area contributed by atoms with Crippen LogP contribution in [0.2, 0.25) is 15.1 Å². The number of benzene rings is 1. The molecule has 0 unspecified atom stereocenters. The van der Waals surface area contributed by atoms with Gasteiger partial charge in [0.1, 0.15) is 5.75 Å². The number of hydrogen-bond donors (Lipinski definition) is 0. The van der Waals surface area contributed by atoms with E-state index in [1.807, 2.05) is 13.8 Å². The van der Waals surface area contributed by atoms with E-state index in [0.717, 1.165) is 0 Å². The first kappa shape index (κ1) is 16.7. The molecule has 0 bridgehead atoms. The second-order valence-corrected chi connectivity index (χ2v) is 6.26. The molecule has 1 aromatic rings. The molecule has 1 aromatic carbocycles. The van der Waals surface area contributed by atoms with Crippen molar-refractivity contribution in [1.29, 1.82) is 0 Å². The highest BCUT2D eigenvalue weighted by Crippen LogP contribution is 2.33. The van der Waals surface area contributed by atoms with Gasteiger partial charge in [-0.05, 0) is 19.9 Å². The topological polar surface area (TPSA) is 38.8 Å². The number of ether oxygens (including phenoxy) is 2. The van der Waals surface area contributed by atoms with E-state index in [1.54, 1.807) is 4.90 Å². The Morgan fingerprint density at radius 2 is 1.76 bits per heavy atom. The van der Waals surface area contributed by atoms with Crippen LogP contribution in [0.3, 0.4) is 0 Å². The molecule has 1 saturated heterocycles. The highest BCUT2D eigenvalue weighted by molar-refractivity contribution is 6.43. The summed E-state index contributed by atoms with van der Waals surface area (Å²) in [5.74, 6) is 0.230.